The molecule has 1 saturated heterocycles. The fourth-order valence-corrected chi connectivity index (χ4v) is 4.41. The summed E-state index contributed by atoms with van der Waals surface area (Å²) in [7, 11) is 1.53. The number of rotatable bonds is 8. The van der Waals surface area contributed by atoms with Gasteiger partial charge in [0.15, 0.2) is 17.3 Å². The highest BCUT2D eigenvalue weighted by Gasteiger charge is 2.52. The van der Waals surface area contributed by atoms with Crippen LogP contribution in [-0.2, 0) is 16.1 Å². The number of carbonyl (C=O) groups excluding carboxylic acids is 3. The molecule has 1 aromatic heterocycles. The lowest BCUT2D eigenvalue weighted by atomic mass is 9.85. The van der Waals surface area contributed by atoms with E-state index in [4.69, 9.17) is 9.47 Å². The SMILES string of the molecule is CCOc1cc(C2C(C(=O)c3ccc(OC)cc3C)C(=O)C(=O)N2Cc2cccnc2)ccc1O. The molecule has 0 saturated carbocycles. The maximum absolute atomic E-state index is 13.7. The maximum atomic E-state index is 13.7. The second-order valence-corrected chi connectivity index (χ2v) is 8.29. The van der Waals surface area contributed by atoms with Crippen LogP contribution >= 0.6 is 0 Å². The van der Waals surface area contributed by atoms with Gasteiger partial charge in [-0.3, -0.25) is 19.4 Å². The molecule has 8 nitrogen and oxygen atoms in total. The first-order valence-electron chi connectivity index (χ1n) is 11.2. The van der Waals surface area contributed by atoms with Gasteiger partial charge >= 0.3 is 0 Å². The zero-order valence-corrected chi connectivity index (χ0v) is 19.7. The Bertz CT molecular complexity index is 1270. The van der Waals surface area contributed by atoms with E-state index in [1.165, 1.54) is 18.1 Å². The van der Waals surface area contributed by atoms with Gasteiger partial charge < -0.3 is 19.5 Å². The highest BCUT2D eigenvalue weighted by Crippen LogP contribution is 2.42. The molecule has 1 aliphatic heterocycles. The molecule has 1 amide bonds. The Morgan fingerprint density at radius 3 is 2.60 bits per heavy atom. The third-order valence-electron chi connectivity index (χ3n) is 6.09. The summed E-state index contributed by atoms with van der Waals surface area (Å²) in [6.45, 7) is 3.95. The van der Waals surface area contributed by atoms with Gasteiger partial charge in [0, 0.05) is 24.5 Å². The van der Waals surface area contributed by atoms with E-state index in [9.17, 15) is 19.5 Å². The van der Waals surface area contributed by atoms with Gasteiger partial charge in [-0.25, -0.2) is 0 Å². The number of hydrogen-bond donors (Lipinski definition) is 1. The molecule has 180 valence electrons. The average Bonchev–Trinajstić information content (AvgIpc) is 3.10. The maximum Gasteiger partial charge on any atom is 0.291 e. The van der Waals surface area contributed by atoms with Crippen LogP contribution in [0.3, 0.4) is 0 Å². The number of amides is 1. The van der Waals surface area contributed by atoms with E-state index in [0.29, 0.717) is 29.0 Å². The summed E-state index contributed by atoms with van der Waals surface area (Å²) in [5, 5.41) is 10.2. The standard InChI is InChI=1S/C27H26N2O6/c1-4-35-22-13-18(7-10-21(22)30)24-23(25(31)20-9-8-19(34-3)12-16(20)2)26(32)27(33)29(24)15-17-6-5-11-28-14-17/h5-14,23-24,30H,4,15H2,1-3H3. The Morgan fingerprint density at radius 1 is 1.14 bits per heavy atom. The van der Waals surface area contributed by atoms with Crippen molar-refractivity contribution in [2.24, 2.45) is 5.92 Å². The first kappa shape index (κ1) is 23.9. The molecule has 0 bridgehead atoms. The summed E-state index contributed by atoms with van der Waals surface area (Å²) in [6, 6.07) is 12.2. The smallest absolute Gasteiger partial charge is 0.291 e. The molecule has 35 heavy (non-hydrogen) atoms. The number of ether oxygens (including phenoxy) is 2. The molecule has 1 aliphatic rings. The Labute approximate surface area is 203 Å². The topological polar surface area (TPSA) is 106 Å². The number of pyridine rings is 1. The Balaban J connectivity index is 1.82. The van der Waals surface area contributed by atoms with Gasteiger partial charge in [0.05, 0.1) is 19.8 Å². The van der Waals surface area contributed by atoms with E-state index in [1.54, 1.807) is 68.7 Å². The quantitative estimate of drug-likeness (QED) is 0.302. The number of phenols is 1. The van der Waals surface area contributed by atoms with Crippen molar-refractivity contribution in [3.63, 3.8) is 0 Å². The minimum absolute atomic E-state index is 0.0704. The molecule has 2 atom stereocenters. The Hall–Kier alpha value is -4.20. The van der Waals surface area contributed by atoms with Gasteiger partial charge in [0.2, 0.25) is 5.78 Å². The second kappa shape index (κ2) is 9.97. The van der Waals surface area contributed by atoms with Crippen molar-refractivity contribution < 1.29 is 29.0 Å². The van der Waals surface area contributed by atoms with Crippen LogP contribution in [0.15, 0.2) is 60.9 Å². The molecule has 3 aromatic rings. The lowest BCUT2D eigenvalue weighted by molar-refractivity contribution is -0.141. The van der Waals surface area contributed by atoms with Crippen LogP contribution < -0.4 is 9.47 Å². The van der Waals surface area contributed by atoms with Crippen LogP contribution in [0.5, 0.6) is 17.2 Å². The summed E-state index contributed by atoms with van der Waals surface area (Å²) < 4.78 is 10.8. The molecule has 4 rings (SSSR count). The summed E-state index contributed by atoms with van der Waals surface area (Å²) >= 11 is 0. The van der Waals surface area contributed by atoms with Crippen molar-refractivity contribution in [1.29, 1.82) is 0 Å². The third kappa shape index (κ3) is 4.59. The van der Waals surface area contributed by atoms with Crippen molar-refractivity contribution in [1.82, 2.24) is 9.88 Å². The number of aromatic hydroxyl groups is 1. The van der Waals surface area contributed by atoms with E-state index in [-0.39, 0.29) is 18.0 Å². The van der Waals surface area contributed by atoms with Gasteiger partial charge in [-0.1, -0.05) is 12.1 Å². The van der Waals surface area contributed by atoms with Crippen molar-refractivity contribution >= 4 is 17.5 Å². The van der Waals surface area contributed by atoms with Crippen molar-refractivity contribution in [2.45, 2.75) is 26.4 Å². The number of methoxy groups -OCH3 is 1. The second-order valence-electron chi connectivity index (χ2n) is 8.29. The molecule has 0 aliphatic carbocycles. The number of phenolic OH excluding ortho intramolecular Hbond substituents is 1. The number of hydrogen-bond acceptors (Lipinski definition) is 7. The molecule has 0 radical (unpaired) electrons. The first-order valence-corrected chi connectivity index (χ1v) is 11.2. The van der Waals surface area contributed by atoms with Crippen LogP contribution in [0.1, 0.15) is 40.0 Å². The number of aromatic nitrogens is 1. The number of aryl methyl sites for hydroxylation is 1. The van der Waals surface area contributed by atoms with Crippen LogP contribution in [0.2, 0.25) is 0 Å². The van der Waals surface area contributed by atoms with Crippen molar-refractivity contribution in [3.8, 4) is 17.2 Å². The van der Waals surface area contributed by atoms with Crippen molar-refractivity contribution in [2.75, 3.05) is 13.7 Å². The molecule has 2 heterocycles. The van der Waals surface area contributed by atoms with Gasteiger partial charge in [0.1, 0.15) is 11.7 Å². The molecule has 0 spiro atoms. The van der Waals surface area contributed by atoms with Gasteiger partial charge in [-0.15, -0.1) is 0 Å². The number of likely N-dealkylation sites (tertiary alicyclic amines) is 1. The number of ketones is 2. The zero-order valence-electron chi connectivity index (χ0n) is 19.7. The zero-order chi connectivity index (χ0) is 25.1. The normalized spacial score (nSPS) is 17.5. The van der Waals surface area contributed by atoms with E-state index >= 15 is 0 Å². The minimum Gasteiger partial charge on any atom is -0.504 e. The van der Waals surface area contributed by atoms with Gasteiger partial charge in [-0.2, -0.15) is 0 Å². The minimum atomic E-state index is -1.26. The molecular weight excluding hydrogens is 448 g/mol. The van der Waals surface area contributed by atoms with E-state index in [1.807, 2.05) is 0 Å². The Morgan fingerprint density at radius 2 is 1.94 bits per heavy atom. The number of nitrogens with zero attached hydrogens (tertiary/aromatic N) is 2. The van der Waals surface area contributed by atoms with Crippen molar-refractivity contribution in [3.05, 3.63) is 83.2 Å². The van der Waals surface area contributed by atoms with E-state index in [0.717, 1.165) is 5.56 Å². The summed E-state index contributed by atoms with van der Waals surface area (Å²) in [6.07, 6.45) is 3.23. The molecule has 1 fully saturated rings. The Kier molecular flexibility index (Phi) is 6.82. The summed E-state index contributed by atoms with van der Waals surface area (Å²) in [4.78, 5) is 45.7. The van der Waals surface area contributed by atoms with Crippen LogP contribution in [0, 0.1) is 12.8 Å². The summed E-state index contributed by atoms with van der Waals surface area (Å²) in [5.74, 6) is -2.50. The lowest BCUT2D eigenvalue weighted by Crippen LogP contribution is -2.30. The molecule has 8 heteroatoms. The van der Waals surface area contributed by atoms with Crippen LogP contribution in [0.4, 0.5) is 0 Å². The van der Waals surface area contributed by atoms with E-state index < -0.39 is 29.4 Å². The third-order valence-corrected chi connectivity index (χ3v) is 6.09. The fourth-order valence-electron chi connectivity index (χ4n) is 4.41. The largest absolute Gasteiger partial charge is 0.504 e. The average molecular weight is 475 g/mol. The predicted molar refractivity (Wildman–Crippen MR) is 127 cm³/mol. The molecule has 2 aromatic carbocycles. The number of Topliss-reactive ketones (excluding diaryl/α,β-unsaturated/α-hetero) is 2. The lowest BCUT2D eigenvalue weighted by Gasteiger charge is -2.28. The number of benzene rings is 2. The monoisotopic (exact) mass is 474 g/mol. The molecule has 2 unspecified atom stereocenters. The van der Waals surface area contributed by atoms with Gasteiger partial charge in [0.25, 0.3) is 5.91 Å². The highest BCUT2D eigenvalue weighted by atomic mass is 16.5. The number of carbonyl (C=O) groups is 3. The predicted octanol–water partition coefficient (Wildman–Crippen LogP) is 3.65. The van der Waals surface area contributed by atoms with Gasteiger partial charge in [-0.05, 0) is 66.9 Å². The van der Waals surface area contributed by atoms with Crippen LogP contribution in [-0.4, -0.2) is 46.2 Å². The fraction of sp³-hybridized carbons (Fsp3) is 0.259. The summed E-state index contributed by atoms with van der Waals surface area (Å²) in [5.41, 5.74) is 2.21. The molecule has 1 N–H and O–H groups in total. The highest BCUT2D eigenvalue weighted by molar-refractivity contribution is 6.44. The molecular formula is C27H26N2O6. The van der Waals surface area contributed by atoms with Crippen LogP contribution in [0.25, 0.3) is 0 Å². The van der Waals surface area contributed by atoms with E-state index in [2.05, 4.69) is 4.98 Å². The first-order chi connectivity index (χ1) is 16.8.